The third kappa shape index (κ3) is 3.25. The normalized spacial score (nSPS) is 14.7. The van der Waals surface area contributed by atoms with E-state index in [9.17, 15) is 4.79 Å². The number of aromatic nitrogens is 1. The van der Waals surface area contributed by atoms with Gasteiger partial charge in [0.2, 0.25) is 0 Å². The van der Waals surface area contributed by atoms with Gasteiger partial charge in [-0.15, -0.1) is 0 Å². The number of carbonyl (C=O) groups is 1. The van der Waals surface area contributed by atoms with Crippen LogP contribution >= 0.6 is 11.6 Å². The molecule has 1 saturated heterocycles. The highest BCUT2D eigenvalue weighted by molar-refractivity contribution is 6.30. The molecule has 1 fully saturated rings. The lowest BCUT2D eigenvalue weighted by atomic mass is 10.1. The Hall–Kier alpha value is -2.59. The van der Waals surface area contributed by atoms with Crippen molar-refractivity contribution in [3.8, 4) is 0 Å². The minimum absolute atomic E-state index is 0.0441. The van der Waals surface area contributed by atoms with Crippen LogP contribution in [0, 0.1) is 6.92 Å². The molecule has 3 aromatic rings. The lowest BCUT2D eigenvalue weighted by molar-refractivity contribution is 0.0747. The van der Waals surface area contributed by atoms with E-state index < -0.39 is 0 Å². The van der Waals surface area contributed by atoms with Gasteiger partial charge in [0, 0.05) is 54.0 Å². The van der Waals surface area contributed by atoms with Crippen molar-refractivity contribution in [2.75, 3.05) is 31.1 Å². The molecule has 0 radical (unpaired) electrons. The molecular weight excluding hydrogens is 346 g/mol. The molecule has 0 bridgehead atoms. The summed E-state index contributed by atoms with van der Waals surface area (Å²) in [6.45, 7) is 5.10. The second kappa shape index (κ2) is 6.96. The van der Waals surface area contributed by atoms with Crippen molar-refractivity contribution < 1.29 is 4.79 Å². The standard InChI is InChI=1S/C21H20ClN3O/c1-15-5-6-19-18(13-15)20(7-8-23-19)24-9-11-25(12-10-24)21(26)16-3-2-4-17(22)14-16/h2-8,13-14H,9-12H2,1H3. The molecule has 1 aliphatic rings. The molecule has 0 spiro atoms. The number of anilines is 1. The average molecular weight is 366 g/mol. The van der Waals surface area contributed by atoms with Crippen LogP contribution in [0.2, 0.25) is 5.02 Å². The van der Waals surface area contributed by atoms with Crippen molar-refractivity contribution in [3.63, 3.8) is 0 Å². The monoisotopic (exact) mass is 365 g/mol. The van der Waals surface area contributed by atoms with E-state index in [1.807, 2.05) is 23.2 Å². The minimum Gasteiger partial charge on any atom is -0.367 e. The first kappa shape index (κ1) is 16.9. The second-order valence-corrected chi connectivity index (χ2v) is 7.08. The number of aryl methyl sites for hydroxylation is 1. The van der Waals surface area contributed by atoms with Crippen LogP contribution in [0.3, 0.4) is 0 Å². The number of halogens is 1. The predicted molar refractivity (Wildman–Crippen MR) is 106 cm³/mol. The summed E-state index contributed by atoms with van der Waals surface area (Å²) < 4.78 is 0. The molecule has 132 valence electrons. The Labute approximate surface area is 158 Å². The average Bonchev–Trinajstić information content (AvgIpc) is 2.67. The Kier molecular flexibility index (Phi) is 4.51. The van der Waals surface area contributed by atoms with E-state index in [4.69, 9.17) is 11.6 Å². The van der Waals surface area contributed by atoms with Crippen LogP contribution in [-0.4, -0.2) is 42.0 Å². The van der Waals surface area contributed by atoms with Crippen LogP contribution in [0.4, 0.5) is 5.69 Å². The molecule has 1 aliphatic heterocycles. The van der Waals surface area contributed by atoms with Crippen LogP contribution < -0.4 is 4.90 Å². The van der Waals surface area contributed by atoms with E-state index in [1.54, 1.807) is 12.1 Å². The zero-order valence-corrected chi connectivity index (χ0v) is 15.4. The Bertz CT molecular complexity index is 964. The van der Waals surface area contributed by atoms with Gasteiger partial charge in [0.15, 0.2) is 0 Å². The molecule has 1 aromatic heterocycles. The first-order valence-electron chi connectivity index (χ1n) is 8.77. The number of fused-ring (bicyclic) bond motifs is 1. The van der Waals surface area contributed by atoms with Crippen LogP contribution in [0.25, 0.3) is 10.9 Å². The number of carbonyl (C=O) groups excluding carboxylic acids is 1. The van der Waals surface area contributed by atoms with Gasteiger partial charge in [0.25, 0.3) is 5.91 Å². The fourth-order valence-corrected chi connectivity index (χ4v) is 3.67. The minimum atomic E-state index is 0.0441. The fraction of sp³-hybridized carbons (Fsp3) is 0.238. The van der Waals surface area contributed by atoms with Crippen LogP contribution in [-0.2, 0) is 0 Å². The van der Waals surface area contributed by atoms with Crippen molar-refractivity contribution in [2.24, 2.45) is 0 Å². The number of rotatable bonds is 2. The van der Waals surface area contributed by atoms with E-state index in [0.717, 1.165) is 18.6 Å². The number of hydrogen-bond acceptors (Lipinski definition) is 3. The highest BCUT2D eigenvalue weighted by atomic mass is 35.5. The Morgan fingerprint density at radius 1 is 1.04 bits per heavy atom. The molecule has 4 nitrogen and oxygen atoms in total. The molecule has 4 rings (SSSR count). The third-order valence-electron chi connectivity index (χ3n) is 4.85. The molecule has 0 atom stereocenters. The smallest absolute Gasteiger partial charge is 0.254 e. The van der Waals surface area contributed by atoms with Gasteiger partial charge < -0.3 is 9.80 Å². The SMILES string of the molecule is Cc1ccc2nccc(N3CCN(C(=O)c4cccc(Cl)c4)CC3)c2c1. The summed E-state index contributed by atoms with van der Waals surface area (Å²) >= 11 is 6.01. The summed E-state index contributed by atoms with van der Waals surface area (Å²) in [5.74, 6) is 0.0441. The van der Waals surface area contributed by atoms with Crippen molar-refractivity contribution >= 4 is 34.1 Å². The van der Waals surface area contributed by atoms with E-state index in [1.165, 1.54) is 16.6 Å². The summed E-state index contributed by atoms with van der Waals surface area (Å²) in [6, 6.07) is 15.5. The van der Waals surface area contributed by atoms with Crippen LogP contribution in [0.1, 0.15) is 15.9 Å². The van der Waals surface area contributed by atoms with Gasteiger partial charge in [-0.05, 0) is 43.3 Å². The number of benzene rings is 2. The number of pyridine rings is 1. The van der Waals surface area contributed by atoms with Crippen LogP contribution in [0.5, 0.6) is 0 Å². The molecule has 0 saturated carbocycles. The van der Waals surface area contributed by atoms with E-state index in [0.29, 0.717) is 23.7 Å². The molecule has 0 N–H and O–H groups in total. The quantitative estimate of drug-likeness (QED) is 0.684. The van der Waals surface area contributed by atoms with Gasteiger partial charge in [-0.2, -0.15) is 0 Å². The molecule has 0 aliphatic carbocycles. The number of amides is 1. The van der Waals surface area contributed by atoms with E-state index in [-0.39, 0.29) is 5.91 Å². The van der Waals surface area contributed by atoms with Gasteiger partial charge in [-0.3, -0.25) is 9.78 Å². The number of nitrogens with zero attached hydrogens (tertiary/aromatic N) is 3. The van der Waals surface area contributed by atoms with Gasteiger partial charge in [-0.1, -0.05) is 29.3 Å². The molecule has 5 heteroatoms. The maximum absolute atomic E-state index is 12.7. The summed E-state index contributed by atoms with van der Waals surface area (Å²) in [5, 5.41) is 1.76. The number of piperazine rings is 1. The van der Waals surface area contributed by atoms with Crippen LogP contribution in [0.15, 0.2) is 54.7 Å². The van der Waals surface area contributed by atoms with E-state index in [2.05, 4.69) is 41.1 Å². The van der Waals surface area contributed by atoms with Gasteiger partial charge in [-0.25, -0.2) is 0 Å². The second-order valence-electron chi connectivity index (χ2n) is 6.64. The maximum atomic E-state index is 12.7. The van der Waals surface area contributed by atoms with Crippen molar-refractivity contribution in [2.45, 2.75) is 6.92 Å². The molecule has 1 amide bonds. The molecule has 2 aromatic carbocycles. The zero-order chi connectivity index (χ0) is 18.1. The lowest BCUT2D eigenvalue weighted by Crippen LogP contribution is -2.48. The lowest BCUT2D eigenvalue weighted by Gasteiger charge is -2.36. The van der Waals surface area contributed by atoms with Crippen molar-refractivity contribution in [3.05, 3.63) is 70.9 Å². The molecular formula is C21H20ClN3O. The third-order valence-corrected chi connectivity index (χ3v) is 5.09. The Morgan fingerprint density at radius 2 is 1.85 bits per heavy atom. The largest absolute Gasteiger partial charge is 0.367 e. The summed E-state index contributed by atoms with van der Waals surface area (Å²) in [5.41, 5.74) is 4.07. The fourth-order valence-electron chi connectivity index (χ4n) is 3.48. The summed E-state index contributed by atoms with van der Waals surface area (Å²) in [7, 11) is 0. The Balaban J connectivity index is 1.52. The van der Waals surface area contributed by atoms with Gasteiger partial charge in [0.1, 0.15) is 0 Å². The van der Waals surface area contributed by atoms with Crippen molar-refractivity contribution in [1.29, 1.82) is 0 Å². The topological polar surface area (TPSA) is 36.4 Å². The Morgan fingerprint density at radius 3 is 2.62 bits per heavy atom. The zero-order valence-electron chi connectivity index (χ0n) is 14.7. The molecule has 26 heavy (non-hydrogen) atoms. The van der Waals surface area contributed by atoms with E-state index >= 15 is 0 Å². The van der Waals surface area contributed by atoms with Gasteiger partial charge in [0.05, 0.1) is 5.52 Å². The van der Waals surface area contributed by atoms with Gasteiger partial charge >= 0.3 is 0 Å². The highest BCUT2D eigenvalue weighted by Gasteiger charge is 2.23. The molecule has 0 unspecified atom stereocenters. The summed E-state index contributed by atoms with van der Waals surface area (Å²) in [4.78, 5) is 21.4. The maximum Gasteiger partial charge on any atom is 0.254 e. The molecule has 2 heterocycles. The predicted octanol–water partition coefficient (Wildman–Crippen LogP) is 4.16. The first-order chi connectivity index (χ1) is 12.6. The first-order valence-corrected chi connectivity index (χ1v) is 9.15. The highest BCUT2D eigenvalue weighted by Crippen LogP contribution is 2.27. The van der Waals surface area contributed by atoms with Crippen molar-refractivity contribution in [1.82, 2.24) is 9.88 Å². The number of hydrogen-bond donors (Lipinski definition) is 0. The summed E-state index contributed by atoms with van der Waals surface area (Å²) in [6.07, 6.45) is 1.86.